The Bertz CT molecular complexity index is 1460. The van der Waals surface area contributed by atoms with Crippen LogP contribution in [0.1, 0.15) is 36.6 Å². The van der Waals surface area contributed by atoms with Crippen molar-refractivity contribution in [3.63, 3.8) is 0 Å². The maximum Gasteiger partial charge on any atom is 0.162 e. The van der Waals surface area contributed by atoms with Crippen molar-refractivity contribution in [1.82, 2.24) is 18.7 Å². The third kappa shape index (κ3) is 2.44. The third-order valence-corrected chi connectivity index (χ3v) is 7.53. The summed E-state index contributed by atoms with van der Waals surface area (Å²) in [4.78, 5) is 0. The minimum atomic E-state index is -1.12. The second-order valence-electron chi connectivity index (χ2n) is 9.09. The molecule has 2 aromatic heterocycles. The minimum absolute atomic E-state index is 0.346. The molecule has 2 aliphatic rings. The first kappa shape index (κ1) is 19.5. The second-order valence-corrected chi connectivity index (χ2v) is 10.3. The van der Waals surface area contributed by atoms with Gasteiger partial charge in [0.05, 0.1) is 29.0 Å². The average molecular weight is 448 g/mol. The smallest absolute Gasteiger partial charge is 0.162 e. The van der Waals surface area contributed by atoms with E-state index in [-0.39, 0.29) is 5.54 Å². The predicted octanol–water partition coefficient (Wildman–Crippen LogP) is 4.24. The Balaban J connectivity index is 1.72. The van der Waals surface area contributed by atoms with Gasteiger partial charge in [-0.2, -0.15) is 0 Å². The van der Waals surface area contributed by atoms with Gasteiger partial charge >= 0.3 is 0 Å². The van der Waals surface area contributed by atoms with E-state index in [0.29, 0.717) is 6.61 Å². The Labute approximate surface area is 189 Å². The van der Waals surface area contributed by atoms with Gasteiger partial charge in [0.25, 0.3) is 0 Å². The van der Waals surface area contributed by atoms with Crippen molar-refractivity contribution in [2.24, 2.45) is 0 Å². The molecule has 0 amide bonds. The van der Waals surface area contributed by atoms with Crippen LogP contribution >= 0.6 is 0 Å². The number of rotatable bonds is 2. The van der Waals surface area contributed by atoms with E-state index >= 15 is 0 Å². The van der Waals surface area contributed by atoms with Crippen molar-refractivity contribution in [3.05, 3.63) is 53.2 Å². The molecule has 1 atom stereocenters. The zero-order valence-electron chi connectivity index (χ0n) is 18.8. The molecule has 1 N–H and O–H groups in total. The molecule has 1 unspecified atom stereocenters. The van der Waals surface area contributed by atoms with Crippen LogP contribution in [-0.2, 0) is 22.9 Å². The fraction of sp³-hybridized carbons (Fsp3) is 0.333. The summed E-state index contributed by atoms with van der Waals surface area (Å²) in [5.74, 6) is 2.72. The lowest BCUT2D eigenvalue weighted by Crippen LogP contribution is -2.36. The van der Waals surface area contributed by atoms with Crippen molar-refractivity contribution < 1.29 is 8.95 Å². The lowest BCUT2D eigenvalue weighted by atomic mass is 9.88. The van der Waals surface area contributed by atoms with Gasteiger partial charge in [-0.25, -0.2) is 4.21 Å². The molecule has 0 fully saturated rings. The first-order valence-corrected chi connectivity index (χ1v) is 12.3. The monoisotopic (exact) mass is 447 g/mol. The summed E-state index contributed by atoms with van der Waals surface area (Å²) in [7, 11) is -1.12. The molecular weight excluding hydrogens is 422 g/mol. The summed E-state index contributed by atoms with van der Waals surface area (Å²) < 4.78 is 22.5. The summed E-state index contributed by atoms with van der Waals surface area (Å²) in [6, 6.07) is 8.21. The molecule has 164 valence electrons. The standard InChI is InChI=1S/C24H25N5O2S/c1-13-19(16-7-6-8-18-15(16)9-11-28(18)32(5)30)22-17(10-12-31-22)20-21(13)29-14(2)26-27-23(29)24(3,4)25-20/h6-9,11,25H,10,12H2,1-5H3. The van der Waals surface area contributed by atoms with E-state index < -0.39 is 11.0 Å². The molecule has 0 saturated carbocycles. The number of nitrogens with one attached hydrogen (secondary N) is 1. The highest BCUT2D eigenvalue weighted by Gasteiger charge is 2.39. The maximum absolute atomic E-state index is 12.2. The van der Waals surface area contributed by atoms with E-state index in [1.165, 1.54) is 5.56 Å². The Morgan fingerprint density at radius 2 is 2.00 bits per heavy atom. The highest BCUT2D eigenvalue weighted by molar-refractivity contribution is 7.82. The van der Waals surface area contributed by atoms with Gasteiger partial charge < -0.3 is 10.1 Å². The summed E-state index contributed by atoms with van der Waals surface area (Å²) >= 11 is 0. The largest absolute Gasteiger partial charge is 0.492 e. The molecule has 2 aromatic carbocycles. The van der Waals surface area contributed by atoms with Crippen LogP contribution in [0.25, 0.3) is 27.7 Å². The molecular formula is C24H25N5O2S. The van der Waals surface area contributed by atoms with Crippen LogP contribution in [-0.4, -0.2) is 35.8 Å². The number of fused-ring (bicyclic) bond motifs is 6. The fourth-order valence-electron chi connectivity index (χ4n) is 5.26. The lowest BCUT2D eigenvalue weighted by molar-refractivity contribution is 0.358. The van der Waals surface area contributed by atoms with E-state index in [1.807, 2.05) is 31.3 Å². The summed E-state index contributed by atoms with van der Waals surface area (Å²) in [5.41, 5.74) is 7.29. The van der Waals surface area contributed by atoms with E-state index in [9.17, 15) is 4.21 Å². The number of hydrogen-bond donors (Lipinski definition) is 1. The summed E-state index contributed by atoms with van der Waals surface area (Å²) in [6.07, 6.45) is 4.44. The van der Waals surface area contributed by atoms with Crippen LogP contribution in [0.3, 0.4) is 0 Å². The third-order valence-electron chi connectivity index (χ3n) is 6.66. The van der Waals surface area contributed by atoms with Crippen molar-refractivity contribution >= 4 is 27.6 Å². The average Bonchev–Trinajstić information content (AvgIpc) is 3.46. The Kier molecular flexibility index (Phi) is 3.94. The first-order chi connectivity index (χ1) is 15.3. The van der Waals surface area contributed by atoms with Crippen molar-refractivity contribution in [3.8, 4) is 22.6 Å². The first-order valence-electron chi connectivity index (χ1n) is 10.8. The van der Waals surface area contributed by atoms with Crippen LogP contribution in [0.4, 0.5) is 5.69 Å². The van der Waals surface area contributed by atoms with Gasteiger partial charge in [0.15, 0.2) is 5.82 Å². The van der Waals surface area contributed by atoms with Gasteiger partial charge in [-0.05, 0) is 51.0 Å². The highest BCUT2D eigenvalue weighted by atomic mass is 32.2. The summed E-state index contributed by atoms with van der Waals surface area (Å²) in [5, 5.41) is 13.7. The van der Waals surface area contributed by atoms with Crippen LogP contribution in [0, 0.1) is 13.8 Å². The molecule has 8 heteroatoms. The molecule has 0 aliphatic carbocycles. The Hall–Kier alpha value is -3.13. The van der Waals surface area contributed by atoms with E-state index in [2.05, 4.69) is 46.9 Å². The van der Waals surface area contributed by atoms with Gasteiger partial charge in [-0.15, -0.1) is 10.2 Å². The van der Waals surface area contributed by atoms with E-state index in [1.54, 1.807) is 10.2 Å². The van der Waals surface area contributed by atoms with Gasteiger partial charge in [0, 0.05) is 35.4 Å². The fourth-order valence-corrected chi connectivity index (χ4v) is 5.93. The number of ether oxygens (including phenoxy) is 1. The zero-order chi connectivity index (χ0) is 22.4. The summed E-state index contributed by atoms with van der Waals surface area (Å²) in [6.45, 7) is 9.07. The zero-order valence-corrected chi connectivity index (χ0v) is 19.6. The SMILES string of the molecule is Cc1c(-c2cccc3c2ccn3S(C)=O)c2c(c3c1-n1c(C)nnc1C(C)(C)N3)CCO2. The van der Waals surface area contributed by atoms with Crippen LogP contribution in [0.5, 0.6) is 5.75 Å². The Morgan fingerprint density at radius 3 is 2.78 bits per heavy atom. The molecule has 0 spiro atoms. The molecule has 0 saturated heterocycles. The van der Waals surface area contributed by atoms with Gasteiger partial charge in [0.1, 0.15) is 22.6 Å². The number of benzene rings is 2. The number of anilines is 1. The lowest BCUT2D eigenvalue weighted by Gasteiger charge is -2.36. The van der Waals surface area contributed by atoms with Crippen LogP contribution < -0.4 is 10.1 Å². The number of hydrogen-bond acceptors (Lipinski definition) is 5. The molecule has 2 aliphatic heterocycles. The van der Waals surface area contributed by atoms with Gasteiger partial charge in [-0.1, -0.05) is 12.1 Å². The molecule has 4 aromatic rings. The van der Waals surface area contributed by atoms with Crippen LogP contribution in [0.2, 0.25) is 0 Å². The van der Waals surface area contributed by atoms with Gasteiger partial charge in [-0.3, -0.25) is 8.54 Å². The van der Waals surface area contributed by atoms with Crippen molar-refractivity contribution in [2.75, 3.05) is 18.2 Å². The number of nitrogens with zero attached hydrogens (tertiary/aromatic N) is 4. The predicted molar refractivity (Wildman–Crippen MR) is 127 cm³/mol. The molecule has 0 bridgehead atoms. The molecule has 0 radical (unpaired) electrons. The topological polar surface area (TPSA) is 74.0 Å². The quantitative estimate of drug-likeness (QED) is 0.497. The molecule has 7 nitrogen and oxygen atoms in total. The number of aromatic nitrogens is 4. The van der Waals surface area contributed by atoms with Crippen molar-refractivity contribution in [1.29, 1.82) is 0 Å². The second kappa shape index (κ2) is 6.45. The van der Waals surface area contributed by atoms with Crippen LogP contribution in [0.15, 0.2) is 30.5 Å². The number of aryl methyl sites for hydroxylation is 1. The van der Waals surface area contributed by atoms with Gasteiger partial charge in [0.2, 0.25) is 0 Å². The minimum Gasteiger partial charge on any atom is -0.492 e. The molecule has 6 rings (SSSR count). The highest BCUT2D eigenvalue weighted by Crippen LogP contribution is 2.52. The normalized spacial score (nSPS) is 16.8. The van der Waals surface area contributed by atoms with Crippen molar-refractivity contribution in [2.45, 2.75) is 39.7 Å². The molecule has 32 heavy (non-hydrogen) atoms. The maximum atomic E-state index is 12.2. The van der Waals surface area contributed by atoms with E-state index in [0.717, 1.165) is 62.8 Å². The Morgan fingerprint density at radius 1 is 1.19 bits per heavy atom. The molecule has 4 heterocycles. The van der Waals surface area contributed by atoms with E-state index in [4.69, 9.17) is 4.74 Å².